The number of esters is 1. The number of amides is 1. The fourth-order valence-electron chi connectivity index (χ4n) is 0.745. The average molecular weight is 183 g/mol. The van der Waals surface area contributed by atoms with Gasteiger partial charge in [-0.25, -0.2) is 0 Å². The molecule has 1 amide bonds. The predicted molar refractivity (Wildman–Crippen MR) is 48.5 cm³/mol. The highest BCUT2D eigenvalue weighted by Crippen LogP contribution is 1.95. The number of carbonyl (C=O) groups is 2. The van der Waals surface area contributed by atoms with Crippen molar-refractivity contribution in [2.45, 2.75) is 12.8 Å². The first-order valence-electron chi connectivity index (χ1n) is 3.88. The minimum absolute atomic E-state index is 0.268. The molecule has 0 saturated carbocycles. The van der Waals surface area contributed by atoms with Crippen molar-refractivity contribution in [3.63, 3.8) is 0 Å². The lowest BCUT2D eigenvalue weighted by Crippen LogP contribution is -2.16. The third kappa shape index (κ3) is 5.66. The Labute approximate surface area is 77.5 Å². The van der Waals surface area contributed by atoms with Crippen LogP contribution in [0.2, 0.25) is 0 Å². The Morgan fingerprint density at radius 2 is 2.15 bits per heavy atom. The molecule has 0 N–H and O–H groups in total. The monoisotopic (exact) mass is 183 g/mol. The molecule has 0 aliphatic rings. The predicted octanol–water partition coefficient (Wildman–Crippen LogP) is 1.06. The highest BCUT2D eigenvalue weighted by molar-refractivity contribution is 5.69. The van der Waals surface area contributed by atoms with Gasteiger partial charge in [0, 0.05) is 13.0 Å². The molecule has 0 aromatic heterocycles. The van der Waals surface area contributed by atoms with E-state index in [1.165, 1.54) is 11.1 Å². The molecule has 0 fully saturated rings. The zero-order chi connectivity index (χ0) is 10.1. The highest BCUT2D eigenvalue weighted by Gasteiger charge is 2.01. The van der Waals surface area contributed by atoms with Gasteiger partial charge in [0.2, 0.25) is 6.41 Å². The van der Waals surface area contributed by atoms with Crippen LogP contribution in [0.4, 0.5) is 0 Å². The normalized spacial score (nSPS) is 8.62. The molecule has 0 aliphatic heterocycles. The molecule has 0 aromatic carbocycles. The van der Waals surface area contributed by atoms with E-state index in [0.29, 0.717) is 19.4 Å². The van der Waals surface area contributed by atoms with Gasteiger partial charge >= 0.3 is 5.97 Å². The quantitative estimate of drug-likeness (QED) is 0.337. The lowest BCUT2D eigenvalue weighted by Gasteiger charge is -2.09. The first-order chi connectivity index (χ1) is 6.24. The Hall–Kier alpha value is -1.58. The molecule has 13 heavy (non-hydrogen) atoms. The van der Waals surface area contributed by atoms with E-state index in [2.05, 4.69) is 17.9 Å². The SMILES string of the molecule is C=COC(=O)CCCN(C=C)C=O. The van der Waals surface area contributed by atoms with Gasteiger partial charge in [-0.2, -0.15) is 0 Å². The summed E-state index contributed by atoms with van der Waals surface area (Å²) in [6.45, 7) is 7.15. The molecule has 0 aliphatic carbocycles. The summed E-state index contributed by atoms with van der Waals surface area (Å²) in [5, 5.41) is 0. The van der Waals surface area contributed by atoms with Crippen LogP contribution in [0.5, 0.6) is 0 Å². The molecule has 0 unspecified atom stereocenters. The fourth-order valence-corrected chi connectivity index (χ4v) is 0.745. The molecule has 0 spiro atoms. The van der Waals surface area contributed by atoms with Crippen LogP contribution in [-0.4, -0.2) is 23.8 Å². The first-order valence-corrected chi connectivity index (χ1v) is 3.88. The number of ether oxygens (including phenoxy) is 1. The van der Waals surface area contributed by atoms with E-state index >= 15 is 0 Å². The van der Waals surface area contributed by atoms with Crippen LogP contribution in [0.1, 0.15) is 12.8 Å². The van der Waals surface area contributed by atoms with E-state index < -0.39 is 0 Å². The summed E-state index contributed by atoms with van der Waals surface area (Å²) in [5.74, 6) is -0.343. The Kier molecular flexibility index (Phi) is 6.23. The molecule has 0 aromatic rings. The smallest absolute Gasteiger partial charge is 0.310 e. The van der Waals surface area contributed by atoms with Crippen LogP contribution in [0.25, 0.3) is 0 Å². The van der Waals surface area contributed by atoms with Gasteiger partial charge in [-0.05, 0) is 12.6 Å². The summed E-state index contributed by atoms with van der Waals surface area (Å²) < 4.78 is 4.48. The largest absolute Gasteiger partial charge is 0.435 e. The molecule has 0 rings (SSSR count). The zero-order valence-corrected chi connectivity index (χ0v) is 7.44. The zero-order valence-electron chi connectivity index (χ0n) is 7.44. The second kappa shape index (κ2) is 7.09. The van der Waals surface area contributed by atoms with Gasteiger partial charge in [-0.3, -0.25) is 9.59 Å². The lowest BCUT2D eigenvalue weighted by atomic mass is 10.3. The van der Waals surface area contributed by atoms with Crippen LogP contribution in [0.3, 0.4) is 0 Å². The van der Waals surface area contributed by atoms with Gasteiger partial charge < -0.3 is 9.64 Å². The van der Waals surface area contributed by atoms with Crippen molar-refractivity contribution in [3.05, 3.63) is 25.6 Å². The molecule has 0 heterocycles. The van der Waals surface area contributed by atoms with Crippen LogP contribution < -0.4 is 0 Å². The summed E-state index contributed by atoms with van der Waals surface area (Å²) in [4.78, 5) is 22.4. The van der Waals surface area contributed by atoms with Crippen molar-refractivity contribution in [3.8, 4) is 0 Å². The Bertz CT molecular complexity index is 193. The first kappa shape index (κ1) is 11.4. The lowest BCUT2D eigenvalue weighted by molar-refractivity contribution is -0.138. The van der Waals surface area contributed by atoms with E-state index in [1.807, 2.05) is 0 Å². The van der Waals surface area contributed by atoms with E-state index in [4.69, 9.17) is 0 Å². The van der Waals surface area contributed by atoms with E-state index in [-0.39, 0.29) is 12.4 Å². The molecule has 0 atom stereocenters. The van der Waals surface area contributed by atoms with E-state index in [0.717, 1.165) is 6.26 Å². The molecule has 0 radical (unpaired) electrons. The third-order valence-electron chi connectivity index (χ3n) is 1.38. The number of rotatable bonds is 7. The van der Waals surface area contributed by atoms with Gasteiger partial charge in [0.1, 0.15) is 0 Å². The fraction of sp³-hybridized carbons (Fsp3) is 0.333. The minimum Gasteiger partial charge on any atom is -0.435 e. The van der Waals surface area contributed by atoms with Crippen LogP contribution in [-0.2, 0) is 14.3 Å². The van der Waals surface area contributed by atoms with Gasteiger partial charge in [0.15, 0.2) is 0 Å². The minimum atomic E-state index is -0.343. The Morgan fingerprint density at radius 3 is 2.62 bits per heavy atom. The maximum Gasteiger partial charge on any atom is 0.310 e. The van der Waals surface area contributed by atoms with Crippen molar-refractivity contribution in [1.82, 2.24) is 4.90 Å². The molecular weight excluding hydrogens is 170 g/mol. The van der Waals surface area contributed by atoms with E-state index in [9.17, 15) is 9.59 Å². The Morgan fingerprint density at radius 1 is 1.46 bits per heavy atom. The summed E-state index contributed by atoms with van der Waals surface area (Å²) in [7, 11) is 0. The standard InChI is InChI=1S/C9H13NO3/c1-3-10(8-11)7-5-6-9(12)13-4-2/h3-4,8H,1-2,5-7H2. The average Bonchev–Trinajstić information content (AvgIpc) is 2.13. The second-order valence-electron chi connectivity index (χ2n) is 2.29. The maximum atomic E-state index is 10.8. The number of carbonyl (C=O) groups excluding carboxylic acids is 2. The number of nitrogens with zero attached hydrogens (tertiary/aromatic N) is 1. The van der Waals surface area contributed by atoms with Crippen molar-refractivity contribution < 1.29 is 14.3 Å². The van der Waals surface area contributed by atoms with Crippen molar-refractivity contribution >= 4 is 12.4 Å². The van der Waals surface area contributed by atoms with Crippen molar-refractivity contribution in [1.29, 1.82) is 0 Å². The number of hydrogen-bond acceptors (Lipinski definition) is 3. The summed E-state index contributed by atoms with van der Waals surface area (Å²) in [5.41, 5.74) is 0. The summed E-state index contributed by atoms with van der Waals surface area (Å²) in [6.07, 6.45) is 3.98. The van der Waals surface area contributed by atoms with Crippen LogP contribution in [0.15, 0.2) is 25.6 Å². The molecule has 4 heteroatoms. The third-order valence-corrected chi connectivity index (χ3v) is 1.38. The van der Waals surface area contributed by atoms with Crippen molar-refractivity contribution in [2.75, 3.05) is 6.54 Å². The van der Waals surface area contributed by atoms with Gasteiger partial charge in [-0.1, -0.05) is 13.2 Å². The van der Waals surface area contributed by atoms with Gasteiger partial charge in [0.25, 0.3) is 0 Å². The maximum absolute atomic E-state index is 10.8. The van der Waals surface area contributed by atoms with Gasteiger partial charge in [0.05, 0.1) is 6.26 Å². The molecule has 4 nitrogen and oxygen atoms in total. The molecule has 0 saturated heterocycles. The molecule has 72 valence electrons. The molecular formula is C9H13NO3. The number of hydrogen-bond donors (Lipinski definition) is 0. The van der Waals surface area contributed by atoms with E-state index in [1.54, 1.807) is 0 Å². The van der Waals surface area contributed by atoms with Crippen molar-refractivity contribution in [2.24, 2.45) is 0 Å². The highest BCUT2D eigenvalue weighted by atomic mass is 16.5. The summed E-state index contributed by atoms with van der Waals surface area (Å²) in [6, 6.07) is 0. The molecule has 0 bridgehead atoms. The topological polar surface area (TPSA) is 46.6 Å². The van der Waals surface area contributed by atoms with Gasteiger partial charge in [-0.15, -0.1) is 0 Å². The van der Waals surface area contributed by atoms with Crippen LogP contribution >= 0.6 is 0 Å². The van der Waals surface area contributed by atoms with Crippen LogP contribution in [0, 0.1) is 0 Å². The summed E-state index contributed by atoms with van der Waals surface area (Å²) >= 11 is 0. The second-order valence-corrected chi connectivity index (χ2v) is 2.29. The Balaban J connectivity index is 3.53.